The monoisotopic (exact) mass is 346 g/mol. The molecule has 132 valence electrons. The number of hydrazone groups is 1. The van der Waals surface area contributed by atoms with Crippen LogP contribution >= 0.6 is 0 Å². The maximum atomic E-state index is 5.78. The Morgan fingerprint density at radius 3 is 2.38 bits per heavy atom. The van der Waals surface area contributed by atoms with E-state index in [0.29, 0.717) is 13.2 Å². The van der Waals surface area contributed by atoms with Gasteiger partial charge < -0.3 is 14.9 Å². The highest BCUT2D eigenvalue weighted by molar-refractivity contribution is 5.79. The number of methoxy groups -OCH3 is 1. The van der Waals surface area contributed by atoms with Crippen molar-refractivity contribution in [1.82, 2.24) is 5.43 Å². The molecule has 26 heavy (non-hydrogen) atoms. The molecule has 0 saturated heterocycles. The minimum atomic E-state index is 0.564. The van der Waals surface area contributed by atoms with E-state index in [-0.39, 0.29) is 0 Å². The molecule has 0 aliphatic rings. The molecule has 1 N–H and O–H groups in total. The van der Waals surface area contributed by atoms with E-state index in [1.54, 1.807) is 13.3 Å². The van der Waals surface area contributed by atoms with E-state index in [4.69, 9.17) is 9.47 Å². The Morgan fingerprint density at radius 1 is 0.885 bits per heavy atom. The second-order valence-corrected chi connectivity index (χ2v) is 5.75. The normalized spacial score (nSPS) is 10.7. The highest BCUT2D eigenvalue weighted by Gasteiger charge is 1.99. The number of hydrogen-bond donors (Lipinski definition) is 1. The Kier molecular flexibility index (Phi) is 6.26. The standard InChI is InChI=1S/C22H22N2O2/c1-25-22-10-6-5-9-20(22)16-24-23-15-18-11-13-21(14-12-18)26-17-19-7-3-2-4-8-19/h2-15,24H,16-17H2,1H3/b23-15-. The van der Waals surface area contributed by atoms with Crippen molar-refractivity contribution in [2.75, 3.05) is 7.11 Å². The van der Waals surface area contributed by atoms with E-state index in [9.17, 15) is 0 Å². The van der Waals surface area contributed by atoms with Gasteiger partial charge in [-0.3, -0.25) is 0 Å². The fourth-order valence-electron chi connectivity index (χ4n) is 2.49. The largest absolute Gasteiger partial charge is 0.496 e. The molecule has 0 bridgehead atoms. The fourth-order valence-corrected chi connectivity index (χ4v) is 2.49. The second-order valence-electron chi connectivity index (χ2n) is 5.75. The number of para-hydroxylation sites is 1. The first-order valence-corrected chi connectivity index (χ1v) is 8.50. The summed E-state index contributed by atoms with van der Waals surface area (Å²) in [7, 11) is 1.67. The summed E-state index contributed by atoms with van der Waals surface area (Å²) in [6.45, 7) is 1.17. The molecule has 0 unspecified atom stereocenters. The van der Waals surface area contributed by atoms with E-state index >= 15 is 0 Å². The number of rotatable bonds is 8. The Morgan fingerprint density at radius 2 is 1.62 bits per heavy atom. The molecule has 0 aliphatic heterocycles. The zero-order chi connectivity index (χ0) is 18.0. The minimum absolute atomic E-state index is 0.564. The van der Waals surface area contributed by atoms with E-state index in [0.717, 1.165) is 28.2 Å². The topological polar surface area (TPSA) is 42.8 Å². The summed E-state index contributed by atoms with van der Waals surface area (Å²) in [5, 5.41) is 4.26. The highest BCUT2D eigenvalue weighted by Crippen LogP contribution is 2.16. The predicted octanol–water partition coefficient (Wildman–Crippen LogP) is 4.40. The van der Waals surface area contributed by atoms with E-state index in [1.165, 1.54) is 0 Å². The van der Waals surface area contributed by atoms with Gasteiger partial charge in [0.15, 0.2) is 0 Å². The lowest BCUT2D eigenvalue weighted by molar-refractivity contribution is 0.306. The number of hydrogen-bond acceptors (Lipinski definition) is 4. The first-order valence-electron chi connectivity index (χ1n) is 8.50. The van der Waals surface area contributed by atoms with Crippen molar-refractivity contribution in [3.8, 4) is 11.5 Å². The van der Waals surface area contributed by atoms with Gasteiger partial charge in [0.1, 0.15) is 18.1 Å². The van der Waals surface area contributed by atoms with Gasteiger partial charge in [0.2, 0.25) is 0 Å². The van der Waals surface area contributed by atoms with Gasteiger partial charge in [-0.25, -0.2) is 0 Å². The van der Waals surface area contributed by atoms with Gasteiger partial charge in [0.25, 0.3) is 0 Å². The van der Waals surface area contributed by atoms with E-state index in [1.807, 2.05) is 66.7 Å². The molecule has 0 radical (unpaired) electrons. The van der Waals surface area contributed by atoms with Gasteiger partial charge in [-0.15, -0.1) is 0 Å². The summed E-state index contributed by atoms with van der Waals surface area (Å²) in [5.41, 5.74) is 6.27. The minimum Gasteiger partial charge on any atom is -0.496 e. The van der Waals surface area contributed by atoms with Crippen molar-refractivity contribution in [3.05, 3.63) is 95.6 Å². The van der Waals surface area contributed by atoms with Gasteiger partial charge in [0, 0.05) is 5.56 Å². The van der Waals surface area contributed by atoms with Crippen molar-refractivity contribution in [2.45, 2.75) is 13.2 Å². The lowest BCUT2D eigenvalue weighted by atomic mass is 10.2. The molecular weight excluding hydrogens is 324 g/mol. The molecule has 4 nitrogen and oxygen atoms in total. The van der Waals surface area contributed by atoms with Gasteiger partial charge in [-0.1, -0.05) is 48.5 Å². The summed E-state index contributed by atoms with van der Waals surface area (Å²) in [4.78, 5) is 0. The van der Waals surface area contributed by atoms with Crippen LogP contribution in [0.1, 0.15) is 16.7 Å². The van der Waals surface area contributed by atoms with Crippen molar-refractivity contribution in [2.24, 2.45) is 5.10 Å². The van der Waals surface area contributed by atoms with Crippen LogP contribution in [0.15, 0.2) is 84.0 Å². The van der Waals surface area contributed by atoms with Crippen LogP contribution in [0.25, 0.3) is 0 Å². The Bertz CT molecular complexity index is 830. The maximum Gasteiger partial charge on any atom is 0.123 e. The molecule has 0 aromatic heterocycles. The number of nitrogens with one attached hydrogen (secondary N) is 1. The Balaban J connectivity index is 1.48. The number of nitrogens with zero attached hydrogens (tertiary/aromatic N) is 1. The highest BCUT2D eigenvalue weighted by atomic mass is 16.5. The first kappa shape index (κ1) is 17.5. The number of benzene rings is 3. The van der Waals surface area contributed by atoms with E-state index in [2.05, 4.69) is 22.7 Å². The van der Waals surface area contributed by atoms with Crippen LogP contribution in [-0.4, -0.2) is 13.3 Å². The lowest BCUT2D eigenvalue weighted by Gasteiger charge is -2.07. The third-order valence-electron chi connectivity index (χ3n) is 3.90. The zero-order valence-electron chi connectivity index (χ0n) is 14.8. The zero-order valence-corrected chi connectivity index (χ0v) is 14.8. The molecule has 0 aliphatic carbocycles. The molecule has 4 heteroatoms. The van der Waals surface area contributed by atoms with Crippen LogP contribution in [-0.2, 0) is 13.2 Å². The van der Waals surface area contributed by atoms with Gasteiger partial charge in [0.05, 0.1) is 19.9 Å². The molecular formula is C22H22N2O2. The van der Waals surface area contributed by atoms with Crippen LogP contribution < -0.4 is 14.9 Å². The quantitative estimate of drug-likeness (QED) is 0.486. The van der Waals surface area contributed by atoms with Gasteiger partial charge >= 0.3 is 0 Å². The van der Waals surface area contributed by atoms with Crippen LogP contribution in [0.5, 0.6) is 11.5 Å². The summed E-state index contributed by atoms with van der Waals surface area (Å²) >= 11 is 0. The lowest BCUT2D eigenvalue weighted by Crippen LogP contribution is -2.06. The third-order valence-corrected chi connectivity index (χ3v) is 3.90. The molecule has 0 amide bonds. The SMILES string of the molecule is COc1ccccc1CN/N=C\c1ccc(OCc2ccccc2)cc1. The molecule has 0 spiro atoms. The third kappa shape index (κ3) is 5.11. The Labute approximate surface area is 154 Å². The predicted molar refractivity (Wildman–Crippen MR) is 105 cm³/mol. The van der Waals surface area contributed by atoms with Crippen LogP contribution in [0.2, 0.25) is 0 Å². The molecule has 3 aromatic rings. The number of ether oxygens (including phenoxy) is 2. The van der Waals surface area contributed by atoms with Crippen LogP contribution in [0.4, 0.5) is 0 Å². The molecule has 3 aromatic carbocycles. The van der Waals surface area contributed by atoms with Crippen molar-refractivity contribution in [3.63, 3.8) is 0 Å². The summed E-state index contributed by atoms with van der Waals surface area (Å²) < 4.78 is 11.1. The van der Waals surface area contributed by atoms with Crippen LogP contribution in [0, 0.1) is 0 Å². The summed E-state index contributed by atoms with van der Waals surface area (Å²) in [6.07, 6.45) is 1.79. The van der Waals surface area contributed by atoms with Crippen molar-refractivity contribution >= 4 is 6.21 Å². The molecule has 0 fully saturated rings. The smallest absolute Gasteiger partial charge is 0.123 e. The van der Waals surface area contributed by atoms with Gasteiger partial charge in [-0.05, 0) is 41.5 Å². The summed E-state index contributed by atoms with van der Waals surface area (Å²) in [6, 6.07) is 25.9. The van der Waals surface area contributed by atoms with Crippen molar-refractivity contribution in [1.29, 1.82) is 0 Å². The van der Waals surface area contributed by atoms with Crippen molar-refractivity contribution < 1.29 is 9.47 Å². The molecule has 0 heterocycles. The molecule has 0 atom stereocenters. The Hall–Kier alpha value is -3.27. The van der Waals surface area contributed by atoms with E-state index < -0.39 is 0 Å². The fraction of sp³-hybridized carbons (Fsp3) is 0.136. The average molecular weight is 346 g/mol. The molecule has 3 rings (SSSR count). The second kappa shape index (κ2) is 9.28. The molecule has 0 saturated carbocycles. The maximum absolute atomic E-state index is 5.78. The first-order chi connectivity index (χ1) is 12.8. The summed E-state index contributed by atoms with van der Waals surface area (Å²) in [5.74, 6) is 1.70. The average Bonchev–Trinajstić information content (AvgIpc) is 2.71. The van der Waals surface area contributed by atoms with Crippen LogP contribution in [0.3, 0.4) is 0 Å². The van der Waals surface area contributed by atoms with Gasteiger partial charge in [-0.2, -0.15) is 5.10 Å².